The fourth-order valence-electron chi connectivity index (χ4n) is 2.93. The van der Waals surface area contributed by atoms with Crippen molar-refractivity contribution < 1.29 is 9.85 Å². The number of non-ortho nitro benzene ring substituents is 2. The Morgan fingerprint density at radius 3 is 1.93 bits per heavy atom. The van der Waals surface area contributed by atoms with Gasteiger partial charge < -0.3 is 5.73 Å². The quantitative estimate of drug-likeness (QED) is 0.383. The molecule has 0 amide bonds. The van der Waals surface area contributed by atoms with Gasteiger partial charge in [0.1, 0.15) is 0 Å². The van der Waals surface area contributed by atoms with Gasteiger partial charge in [0.05, 0.1) is 21.7 Å². The monoisotopic (exact) mass is 462 g/mol. The maximum atomic E-state index is 10.6. The molecule has 1 aliphatic heterocycles. The van der Waals surface area contributed by atoms with Gasteiger partial charge in [0.15, 0.2) is 0 Å². The van der Waals surface area contributed by atoms with Crippen LogP contribution in [0.5, 0.6) is 0 Å². The van der Waals surface area contributed by atoms with Gasteiger partial charge in [0.25, 0.3) is 11.4 Å². The molecular weight excluding hydrogens is 440 g/mol. The minimum absolute atomic E-state index is 0.127. The van der Waals surface area contributed by atoms with Crippen LogP contribution < -0.4 is 5.73 Å². The summed E-state index contributed by atoms with van der Waals surface area (Å²) in [4.78, 5) is 24.5. The number of alkyl halides is 1. The number of benzene rings is 2. The number of hydrogen-bond acceptors (Lipinski definition) is 6. The van der Waals surface area contributed by atoms with Crippen molar-refractivity contribution in [3.63, 3.8) is 0 Å². The Labute approximate surface area is 177 Å². The molecule has 2 N–H and O–H groups in total. The summed E-state index contributed by atoms with van der Waals surface area (Å²) in [6.07, 6.45) is 4.97. The maximum absolute atomic E-state index is 10.6. The highest BCUT2D eigenvalue weighted by Crippen LogP contribution is 2.19. The first-order valence-electron chi connectivity index (χ1n) is 9.24. The van der Waals surface area contributed by atoms with E-state index in [0.29, 0.717) is 0 Å². The third-order valence-corrected chi connectivity index (χ3v) is 5.14. The van der Waals surface area contributed by atoms with Crippen LogP contribution in [0, 0.1) is 20.2 Å². The Kier molecular flexibility index (Phi) is 8.72. The molecule has 0 saturated heterocycles. The molecular formula is C20H23BrN4O4. The number of aliphatic imine (C=N–C) groups is 1. The summed E-state index contributed by atoms with van der Waals surface area (Å²) in [5.41, 5.74) is 8.18. The summed E-state index contributed by atoms with van der Waals surface area (Å²) in [5.74, 6) is 0.736. The van der Waals surface area contributed by atoms with Crippen LogP contribution in [0.25, 0.3) is 0 Å². The highest BCUT2D eigenvalue weighted by Gasteiger charge is 2.13. The number of nitrogens with zero attached hydrogens (tertiary/aromatic N) is 3. The van der Waals surface area contributed by atoms with Crippen LogP contribution in [0.2, 0.25) is 0 Å². The van der Waals surface area contributed by atoms with Gasteiger partial charge in [0, 0.05) is 36.0 Å². The first-order valence-corrected chi connectivity index (χ1v) is 10.4. The predicted octanol–water partition coefficient (Wildman–Crippen LogP) is 4.93. The Morgan fingerprint density at radius 2 is 1.45 bits per heavy atom. The molecule has 29 heavy (non-hydrogen) atoms. The first-order chi connectivity index (χ1) is 13.9. The van der Waals surface area contributed by atoms with E-state index in [-0.39, 0.29) is 22.3 Å². The predicted molar refractivity (Wildman–Crippen MR) is 116 cm³/mol. The Morgan fingerprint density at radius 1 is 0.931 bits per heavy atom. The fourth-order valence-corrected chi connectivity index (χ4v) is 3.30. The molecule has 1 heterocycles. The molecule has 1 aliphatic rings. The second kappa shape index (κ2) is 11.3. The molecule has 0 saturated carbocycles. The molecule has 0 aromatic heterocycles. The zero-order chi connectivity index (χ0) is 21.2. The van der Waals surface area contributed by atoms with Crippen LogP contribution in [0.4, 0.5) is 11.4 Å². The lowest BCUT2D eigenvalue weighted by atomic mass is 10.0. The standard InChI is InChI=1S/C13H17N3O2.C7H6BrNO2/c14-13-4-2-1-3-11(15-13)9-10-5-7-12(8-6-10)16(17)18;8-5-6-1-3-7(4-2-6)9(10)11/h5-8,11H,1-4,9H2,(H2,14,15);1-4H,5H2. The van der Waals surface area contributed by atoms with Crippen molar-refractivity contribution in [1.82, 2.24) is 0 Å². The number of hydrogen-bond donors (Lipinski definition) is 1. The Hall–Kier alpha value is -2.81. The second-order valence-electron chi connectivity index (χ2n) is 6.70. The molecule has 9 heteroatoms. The van der Waals surface area contributed by atoms with Crippen molar-refractivity contribution in [3.8, 4) is 0 Å². The number of nitrogens with two attached hydrogens (primary N) is 1. The summed E-state index contributed by atoms with van der Waals surface area (Å²) >= 11 is 3.25. The van der Waals surface area contributed by atoms with Gasteiger partial charge in [-0.15, -0.1) is 0 Å². The zero-order valence-corrected chi connectivity index (χ0v) is 17.5. The summed E-state index contributed by atoms with van der Waals surface area (Å²) in [6, 6.07) is 13.4. The average molecular weight is 463 g/mol. The molecule has 1 unspecified atom stereocenters. The van der Waals surface area contributed by atoms with Crippen LogP contribution in [0.1, 0.15) is 36.8 Å². The SMILES string of the molecule is NC1=NC(Cc2ccc([N+](=O)[O-])cc2)CCCC1.O=[N+]([O-])c1ccc(CBr)cc1. The second-order valence-corrected chi connectivity index (χ2v) is 7.27. The molecule has 0 aliphatic carbocycles. The Bertz CT molecular complexity index is 854. The lowest BCUT2D eigenvalue weighted by Gasteiger charge is -2.10. The highest BCUT2D eigenvalue weighted by molar-refractivity contribution is 9.08. The number of nitro benzene ring substituents is 2. The molecule has 1 atom stereocenters. The molecule has 0 bridgehead atoms. The van der Waals surface area contributed by atoms with E-state index in [1.165, 1.54) is 12.1 Å². The van der Waals surface area contributed by atoms with Crippen LogP contribution >= 0.6 is 15.9 Å². The molecule has 0 radical (unpaired) electrons. The highest BCUT2D eigenvalue weighted by atomic mass is 79.9. The third kappa shape index (κ3) is 7.61. The molecule has 3 rings (SSSR count). The maximum Gasteiger partial charge on any atom is 0.269 e. The van der Waals surface area contributed by atoms with Crippen molar-refractivity contribution in [2.24, 2.45) is 10.7 Å². The van der Waals surface area contributed by atoms with Crippen molar-refractivity contribution >= 4 is 33.1 Å². The van der Waals surface area contributed by atoms with Crippen molar-refractivity contribution in [3.05, 3.63) is 79.9 Å². The van der Waals surface area contributed by atoms with Gasteiger partial charge in [0.2, 0.25) is 0 Å². The normalized spacial score (nSPS) is 16.0. The fraction of sp³-hybridized carbons (Fsp3) is 0.350. The smallest absolute Gasteiger partial charge is 0.269 e. The van der Waals surface area contributed by atoms with Gasteiger partial charge in [-0.05, 0) is 30.4 Å². The zero-order valence-electron chi connectivity index (χ0n) is 15.9. The summed E-state index contributed by atoms with van der Waals surface area (Å²) in [5, 5.41) is 21.5. The number of rotatable bonds is 5. The van der Waals surface area contributed by atoms with Gasteiger partial charge in [-0.1, -0.05) is 46.6 Å². The van der Waals surface area contributed by atoms with Crippen molar-refractivity contribution in [1.29, 1.82) is 0 Å². The van der Waals surface area contributed by atoms with E-state index in [4.69, 9.17) is 5.73 Å². The minimum atomic E-state index is -0.405. The van der Waals surface area contributed by atoms with E-state index in [0.717, 1.165) is 54.4 Å². The largest absolute Gasteiger partial charge is 0.387 e. The summed E-state index contributed by atoms with van der Waals surface area (Å²) in [6.45, 7) is 0. The van der Waals surface area contributed by atoms with Gasteiger partial charge in [-0.3, -0.25) is 25.2 Å². The van der Waals surface area contributed by atoms with Crippen LogP contribution in [-0.2, 0) is 11.8 Å². The van der Waals surface area contributed by atoms with E-state index in [1.54, 1.807) is 36.4 Å². The molecule has 2 aromatic rings. The molecule has 154 valence electrons. The third-order valence-electron chi connectivity index (χ3n) is 4.49. The first kappa shape index (κ1) is 22.5. The van der Waals surface area contributed by atoms with E-state index in [1.807, 2.05) is 0 Å². The number of nitro groups is 2. The number of amidine groups is 1. The molecule has 8 nitrogen and oxygen atoms in total. The topological polar surface area (TPSA) is 125 Å². The average Bonchev–Trinajstić information content (AvgIpc) is 2.92. The van der Waals surface area contributed by atoms with Crippen molar-refractivity contribution in [2.75, 3.05) is 0 Å². The van der Waals surface area contributed by atoms with Crippen LogP contribution in [-0.4, -0.2) is 21.7 Å². The molecule has 0 spiro atoms. The minimum Gasteiger partial charge on any atom is -0.387 e. The molecule has 0 fully saturated rings. The van der Waals surface area contributed by atoms with E-state index < -0.39 is 4.92 Å². The van der Waals surface area contributed by atoms with E-state index in [2.05, 4.69) is 20.9 Å². The van der Waals surface area contributed by atoms with Gasteiger partial charge >= 0.3 is 0 Å². The van der Waals surface area contributed by atoms with Crippen LogP contribution in [0.15, 0.2) is 53.5 Å². The van der Waals surface area contributed by atoms with Crippen molar-refractivity contribution in [2.45, 2.75) is 43.5 Å². The lowest BCUT2D eigenvalue weighted by Crippen LogP contribution is -2.15. The van der Waals surface area contributed by atoms with Gasteiger partial charge in [-0.2, -0.15) is 0 Å². The lowest BCUT2D eigenvalue weighted by molar-refractivity contribution is -0.385. The van der Waals surface area contributed by atoms with Gasteiger partial charge in [-0.25, -0.2) is 0 Å². The number of halogens is 1. The van der Waals surface area contributed by atoms with Crippen LogP contribution in [0.3, 0.4) is 0 Å². The van der Waals surface area contributed by atoms with E-state index >= 15 is 0 Å². The summed E-state index contributed by atoms with van der Waals surface area (Å²) < 4.78 is 0. The van der Waals surface area contributed by atoms with E-state index in [9.17, 15) is 20.2 Å². The Balaban J connectivity index is 0.000000234. The molecule has 2 aromatic carbocycles. The summed E-state index contributed by atoms with van der Waals surface area (Å²) in [7, 11) is 0.